The van der Waals surface area contributed by atoms with Gasteiger partial charge >= 0.3 is 6.18 Å². The highest BCUT2D eigenvalue weighted by Crippen LogP contribution is 2.24. The summed E-state index contributed by atoms with van der Waals surface area (Å²) in [5, 5.41) is 0. The van der Waals surface area contributed by atoms with Gasteiger partial charge in [0.25, 0.3) is 0 Å². The van der Waals surface area contributed by atoms with Crippen molar-refractivity contribution in [3.8, 4) is 0 Å². The first-order chi connectivity index (χ1) is 6.72. The summed E-state index contributed by atoms with van der Waals surface area (Å²) in [4.78, 5) is 1.35. The van der Waals surface area contributed by atoms with Crippen molar-refractivity contribution in [2.24, 2.45) is 5.73 Å². The molecule has 90 valence electrons. The molecule has 3 nitrogen and oxygen atoms in total. The van der Waals surface area contributed by atoms with Crippen LogP contribution in [0.5, 0.6) is 0 Å². The van der Waals surface area contributed by atoms with Gasteiger partial charge in [-0.1, -0.05) is 0 Å². The van der Waals surface area contributed by atoms with E-state index in [1.807, 2.05) is 0 Å². The highest BCUT2D eigenvalue weighted by Gasteiger charge is 2.38. The van der Waals surface area contributed by atoms with E-state index in [1.54, 1.807) is 13.8 Å². The van der Waals surface area contributed by atoms with Crippen molar-refractivity contribution in [2.75, 3.05) is 26.2 Å². The lowest BCUT2D eigenvalue weighted by atomic mass is 10.1. The van der Waals surface area contributed by atoms with E-state index in [9.17, 15) is 13.2 Å². The predicted molar refractivity (Wildman–Crippen MR) is 50.5 cm³/mol. The van der Waals surface area contributed by atoms with Gasteiger partial charge in [-0.05, 0) is 13.8 Å². The molecule has 2 N–H and O–H groups in total. The first-order valence-electron chi connectivity index (χ1n) is 4.89. The Morgan fingerprint density at radius 1 is 1.47 bits per heavy atom. The van der Waals surface area contributed by atoms with E-state index < -0.39 is 18.3 Å². The molecular formula is C9H17F3N2O. The Bertz CT molecular complexity index is 216. The third-order valence-electron chi connectivity index (χ3n) is 2.22. The Labute approximate surface area is 87.4 Å². The number of alkyl halides is 3. The molecule has 1 rings (SSSR count). The Hall–Kier alpha value is -0.330. The fourth-order valence-corrected chi connectivity index (χ4v) is 1.91. The number of hydrogen-bond donors (Lipinski definition) is 1. The van der Waals surface area contributed by atoms with Crippen molar-refractivity contribution in [3.63, 3.8) is 0 Å². The van der Waals surface area contributed by atoms with Crippen molar-refractivity contribution in [3.05, 3.63) is 0 Å². The summed E-state index contributed by atoms with van der Waals surface area (Å²) in [6, 6.07) is 0. The first kappa shape index (κ1) is 12.7. The quantitative estimate of drug-likeness (QED) is 0.763. The summed E-state index contributed by atoms with van der Waals surface area (Å²) in [6.45, 7) is 3.44. The monoisotopic (exact) mass is 226 g/mol. The van der Waals surface area contributed by atoms with Gasteiger partial charge in [-0.2, -0.15) is 13.2 Å². The number of morpholine rings is 1. The normalized spacial score (nSPS) is 28.0. The molecule has 0 aromatic rings. The van der Waals surface area contributed by atoms with E-state index in [1.165, 1.54) is 4.90 Å². The molecule has 0 bridgehead atoms. The van der Waals surface area contributed by atoms with Crippen LogP contribution >= 0.6 is 0 Å². The number of halogens is 3. The molecule has 0 aromatic heterocycles. The second kappa shape index (κ2) is 4.27. The molecule has 1 aliphatic rings. The van der Waals surface area contributed by atoms with Crippen LogP contribution in [-0.4, -0.2) is 49.0 Å². The molecule has 1 atom stereocenters. The average Bonchev–Trinajstić information content (AvgIpc) is 1.97. The van der Waals surface area contributed by atoms with Crippen LogP contribution in [0.2, 0.25) is 0 Å². The van der Waals surface area contributed by atoms with Crippen LogP contribution in [0.15, 0.2) is 0 Å². The highest BCUT2D eigenvalue weighted by molar-refractivity contribution is 4.85. The summed E-state index contributed by atoms with van der Waals surface area (Å²) in [5.41, 5.74) is 4.86. The zero-order chi connectivity index (χ0) is 11.7. The van der Waals surface area contributed by atoms with Crippen LogP contribution in [0, 0.1) is 0 Å². The number of hydrogen-bond acceptors (Lipinski definition) is 3. The molecular weight excluding hydrogens is 209 g/mol. The van der Waals surface area contributed by atoms with E-state index >= 15 is 0 Å². The number of ether oxygens (including phenoxy) is 1. The number of nitrogens with two attached hydrogens (primary N) is 1. The van der Waals surface area contributed by atoms with Gasteiger partial charge in [0.2, 0.25) is 0 Å². The van der Waals surface area contributed by atoms with Crippen LogP contribution in [0.4, 0.5) is 13.2 Å². The van der Waals surface area contributed by atoms with Crippen LogP contribution in [0.1, 0.15) is 13.8 Å². The van der Waals surface area contributed by atoms with Crippen molar-refractivity contribution >= 4 is 0 Å². The first-order valence-corrected chi connectivity index (χ1v) is 4.89. The van der Waals surface area contributed by atoms with Crippen molar-refractivity contribution < 1.29 is 17.9 Å². The minimum atomic E-state index is -4.16. The highest BCUT2D eigenvalue weighted by atomic mass is 19.4. The van der Waals surface area contributed by atoms with Crippen LogP contribution < -0.4 is 5.73 Å². The van der Waals surface area contributed by atoms with Crippen molar-refractivity contribution in [2.45, 2.75) is 31.7 Å². The number of rotatable bonds is 2. The van der Waals surface area contributed by atoms with E-state index in [-0.39, 0.29) is 25.7 Å². The molecule has 0 amide bonds. The second-order valence-electron chi connectivity index (χ2n) is 4.52. The lowest BCUT2D eigenvalue weighted by molar-refractivity contribution is -0.184. The summed E-state index contributed by atoms with van der Waals surface area (Å²) < 4.78 is 42.2. The van der Waals surface area contributed by atoms with Gasteiger partial charge in [0, 0.05) is 19.6 Å². The van der Waals surface area contributed by atoms with E-state index in [0.717, 1.165) is 0 Å². The fraction of sp³-hybridized carbons (Fsp3) is 1.00. The van der Waals surface area contributed by atoms with Gasteiger partial charge in [-0.3, -0.25) is 4.90 Å². The van der Waals surface area contributed by atoms with E-state index in [2.05, 4.69) is 0 Å². The van der Waals surface area contributed by atoms with E-state index in [4.69, 9.17) is 10.5 Å². The summed E-state index contributed by atoms with van der Waals surface area (Å²) in [6.07, 6.45) is -4.47. The van der Waals surface area contributed by atoms with Gasteiger partial charge < -0.3 is 10.5 Å². The van der Waals surface area contributed by atoms with Gasteiger partial charge in [-0.25, -0.2) is 0 Å². The van der Waals surface area contributed by atoms with Crippen molar-refractivity contribution in [1.29, 1.82) is 0 Å². The Balaban J connectivity index is 2.58. The molecule has 0 aliphatic carbocycles. The van der Waals surface area contributed by atoms with E-state index in [0.29, 0.717) is 0 Å². The smallest absolute Gasteiger partial charge is 0.368 e. The number of nitrogens with zero attached hydrogens (tertiary/aromatic N) is 1. The Morgan fingerprint density at radius 3 is 2.53 bits per heavy atom. The average molecular weight is 226 g/mol. The standard InChI is InChI=1S/C9H17F3N2O/c1-8(2)5-14(6-9(10,11)12)4-7(3-13)15-8/h7H,3-6,13H2,1-2H3. The maximum Gasteiger partial charge on any atom is 0.401 e. The Morgan fingerprint density at radius 2 is 2.07 bits per heavy atom. The van der Waals surface area contributed by atoms with Gasteiger partial charge in [0.15, 0.2) is 0 Å². The summed E-state index contributed by atoms with van der Waals surface area (Å²) in [7, 11) is 0. The van der Waals surface area contributed by atoms with Crippen LogP contribution in [-0.2, 0) is 4.74 Å². The van der Waals surface area contributed by atoms with Gasteiger partial charge in [0.05, 0.1) is 18.2 Å². The molecule has 1 unspecified atom stereocenters. The van der Waals surface area contributed by atoms with Gasteiger partial charge in [-0.15, -0.1) is 0 Å². The molecule has 0 aromatic carbocycles. The molecule has 0 spiro atoms. The third kappa shape index (κ3) is 4.36. The Kier molecular flexibility index (Phi) is 3.63. The van der Waals surface area contributed by atoms with Crippen molar-refractivity contribution in [1.82, 2.24) is 4.90 Å². The fourth-order valence-electron chi connectivity index (χ4n) is 1.91. The summed E-state index contributed by atoms with van der Waals surface area (Å²) in [5.74, 6) is 0. The summed E-state index contributed by atoms with van der Waals surface area (Å²) >= 11 is 0. The molecule has 0 radical (unpaired) electrons. The lowest BCUT2D eigenvalue weighted by Crippen LogP contribution is -2.56. The zero-order valence-electron chi connectivity index (χ0n) is 8.97. The van der Waals surface area contributed by atoms with Crippen LogP contribution in [0.3, 0.4) is 0 Å². The molecule has 15 heavy (non-hydrogen) atoms. The minimum absolute atomic E-state index is 0.248. The maximum atomic E-state index is 12.2. The van der Waals surface area contributed by atoms with Crippen LogP contribution in [0.25, 0.3) is 0 Å². The molecule has 1 fully saturated rings. The molecule has 1 heterocycles. The lowest BCUT2D eigenvalue weighted by Gasteiger charge is -2.42. The zero-order valence-corrected chi connectivity index (χ0v) is 8.97. The molecule has 1 saturated heterocycles. The molecule has 1 aliphatic heterocycles. The molecule has 6 heteroatoms. The molecule has 0 saturated carbocycles. The third-order valence-corrected chi connectivity index (χ3v) is 2.22. The minimum Gasteiger partial charge on any atom is -0.368 e. The SMILES string of the molecule is CC1(C)CN(CC(F)(F)F)CC(CN)O1. The van der Waals surface area contributed by atoms with Gasteiger partial charge in [0.1, 0.15) is 0 Å². The predicted octanol–water partition coefficient (Wildman–Crippen LogP) is 0.987. The maximum absolute atomic E-state index is 12.2. The second-order valence-corrected chi connectivity index (χ2v) is 4.52. The largest absolute Gasteiger partial charge is 0.401 e. The topological polar surface area (TPSA) is 38.5 Å².